The second kappa shape index (κ2) is 7.92. The first-order valence-electron chi connectivity index (χ1n) is 5.42. The van der Waals surface area contributed by atoms with Crippen LogP contribution >= 0.6 is 0 Å². The van der Waals surface area contributed by atoms with Gasteiger partial charge in [-0.05, 0) is 13.0 Å². The Morgan fingerprint density at radius 1 is 1.25 bits per heavy atom. The van der Waals surface area contributed by atoms with Crippen molar-refractivity contribution in [1.82, 2.24) is 15.5 Å². The van der Waals surface area contributed by atoms with Gasteiger partial charge in [0.25, 0.3) is 0 Å². The molecule has 1 unspecified atom stereocenters. The molecule has 0 saturated carbocycles. The zero-order chi connectivity index (χ0) is 12.6. The molecule has 0 radical (unpaired) electrons. The third kappa shape index (κ3) is 6.23. The molecule has 0 fully saturated rings. The number of urea groups is 1. The van der Waals surface area contributed by atoms with Crippen LogP contribution < -0.4 is 16.4 Å². The van der Waals surface area contributed by atoms with Gasteiger partial charge in [-0.3, -0.25) is 4.79 Å². The van der Waals surface area contributed by atoms with E-state index in [1.54, 1.807) is 14.1 Å². The first-order chi connectivity index (χ1) is 7.49. The minimum atomic E-state index is -0.163. The highest BCUT2D eigenvalue weighted by Gasteiger charge is 2.10. The van der Waals surface area contributed by atoms with Crippen LogP contribution in [0.25, 0.3) is 0 Å². The van der Waals surface area contributed by atoms with Crippen molar-refractivity contribution in [2.45, 2.75) is 13.3 Å². The number of nitrogens with one attached hydrogen (secondary N) is 2. The molecular weight excluding hydrogens is 208 g/mol. The van der Waals surface area contributed by atoms with Gasteiger partial charge in [-0.2, -0.15) is 0 Å². The average Bonchev–Trinajstić information content (AvgIpc) is 2.23. The van der Waals surface area contributed by atoms with E-state index >= 15 is 0 Å². The minimum absolute atomic E-state index is 0.0236. The van der Waals surface area contributed by atoms with E-state index in [0.29, 0.717) is 26.1 Å². The van der Waals surface area contributed by atoms with Crippen LogP contribution in [-0.4, -0.2) is 50.6 Å². The molecular formula is C10H22N4O2. The van der Waals surface area contributed by atoms with Crippen molar-refractivity contribution < 1.29 is 9.59 Å². The van der Waals surface area contributed by atoms with E-state index in [2.05, 4.69) is 10.6 Å². The van der Waals surface area contributed by atoms with Crippen molar-refractivity contribution in [2.75, 3.05) is 33.7 Å². The first-order valence-corrected chi connectivity index (χ1v) is 5.42. The Balaban J connectivity index is 3.59. The number of hydrogen-bond acceptors (Lipinski definition) is 3. The molecule has 0 aromatic heterocycles. The van der Waals surface area contributed by atoms with Crippen LogP contribution in [-0.2, 0) is 4.79 Å². The fraction of sp³-hybridized carbons (Fsp3) is 0.800. The Morgan fingerprint density at radius 3 is 2.31 bits per heavy atom. The molecule has 0 aliphatic heterocycles. The third-order valence-corrected chi connectivity index (χ3v) is 2.15. The lowest BCUT2D eigenvalue weighted by molar-refractivity contribution is -0.124. The van der Waals surface area contributed by atoms with E-state index in [1.165, 1.54) is 4.90 Å². The van der Waals surface area contributed by atoms with Crippen molar-refractivity contribution in [2.24, 2.45) is 11.7 Å². The van der Waals surface area contributed by atoms with Gasteiger partial charge >= 0.3 is 6.03 Å². The second-order valence-electron chi connectivity index (χ2n) is 3.90. The molecule has 0 bridgehead atoms. The van der Waals surface area contributed by atoms with Crippen molar-refractivity contribution in [3.05, 3.63) is 0 Å². The lowest BCUT2D eigenvalue weighted by Crippen LogP contribution is -2.40. The topological polar surface area (TPSA) is 87.5 Å². The molecule has 0 heterocycles. The van der Waals surface area contributed by atoms with Crippen molar-refractivity contribution >= 4 is 11.9 Å². The maximum absolute atomic E-state index is 11.4. The quantitative estimate of drug-likeness (QED) is 0.530. The zero-order valence-electron chi connectivity index (χ0n) is 10.2. The fourth-order valence-electron chi connectivity index (χ4n) is 1.07. The fourth-order valence-corrected chi connectivity index (χ4v) is 1.07. The van der Waals surface area contributed by atoms with Crippen LogP contribution in [0.1, 0.15) is 13.3 Å². The van der Waals surface area contributed by atoms with Crippen LogP contribution in [0, 0.1) is 5.92 Å². The predicted molar refractivity (Wildman–Crippen MR) is 62.9 cm³/mol. The van der Waals surface area contributed by atoms with Gasteiger partial charge in [0.2, 0.25) is 5.91 Å². The normalized spacial score (nSPS) is 11.8. The standard InChI is InChI=1S/C10H22N4O2/c1-8(4-5-11)9(15)12-6-7-13-10(16)14(2)3/h8H,4-7,11H2,1-3H3,(H,12,15)(H,13,16). The number of nitrogens with two attached hydrogens (primary N) is 1. The lowest BCUT2D eigenvalue weighted by Gasteiger charge is -2.13. The van der Waals surface area contributed by atoms with Crippen molar-refractivity contribution in [3.63, 3.8) is 0 Å². The van der Waals surface area contributed by atoms with E-state index in [4.69, 9.17) is 5.73 Å². The summed E-state index contributed by atoms with van der Waals surface area (Å²) in [5.74, 6) is -0.0981. The molecule has 0 aromatic carbocycles. The molecule has 3 amide bonds. The highest BCUT2D eigenvalue weighted by atomic mass is 16.2. The Bertz CT molecular complexity index is 231. The number of carbonyl (C=O) groups excluding carboxylic acids is 2. The Kier molecular flexibility index (Phi) is 7.28. The maximum Gasteiger partial charge on any atom is 0.316 e. The van der Waals surface area contributed by atoms with Gasteiger partial charge in [-0.15, -0.1) is 0 Å². The second-order valence-corrected chi connectivity index (χ2v) is 3.90. The van der Waals surface area contributed by atoms with Gasteiger partial charge in [-0.1, -0.05) is 6.92 Å². The molecule has 16 heavy (non-hydrogen) atoms. The van der Waals surface area contributed by atoms with E-state index in [1.807, 2.05) is 6.92 Å². The van der Waals surface area contributed by atoms with Crippen molar-refractivity contribution in [3.8, 4) is 0 Å². The smallest absolute Gasteiger partial charge is 0.316 e. The summed E-state index contributed by atoms with van der Waals surface area (Å²) in [6.07, 6.45) is 0.676. The molecule has 0 aliphatic carbocycles. The minimum Gasteiger partial charge on any atom is -0.354 e. The number of hydrogen-bond donors (Lipinski definition) is 3. The SMILES string of the molecule is CC(CCN)C(=O)NCCNC(=O)N(C)C. The largest absolute Gasteiger partial charge is 0.354 e. The molecule has 94 valence electrons. The summed E-state index contributed by atoms with van der Waals surface area (Å²) in [7, 11) is 3.33. The van der Waals surface area contributed by atoms with Crippen LogP contribution in [0.4, 0.5) is 4.79 Å². The predicted octanol–water partition coefficient (Wildman–Crippen LogP) is -0.641. The van der Waals surface area contributed by atoms with Gasteiger partial charge in [0.15, 0.2) is 0 Å². The number of nitrogens with zero attached hydrogens (tertiary/aromatic N) is 1. The van der Waals surface area contributed by atoms with Crippen molar-refractivity contribution in [1.29, 1.82) is 0 Å². The average molecular weight is 230 g/mol. The summed E-state index contributed by atoms with van der Waals surface area (Å²) < 4.78 is 0. The summed E-state index contributed by atoms with van der Waals surface area (Å²) in [6.45, 7) is 3.21. The Morgan fingerprint density at radius 2 is 1.81 bits per heavy atom. The molecule has 0 aromatic rings. The molecule has 0 rings (SSSR count). The summed E-state index contributed by atoms with van der Waals surface area (Å²) in [4.78, 5) is 24.0. The molecule has 4 N–H and O–H groups in total. The maximum atomic E-state index is 11.4. The number of amides is 3. The summed E-state index contributed by atoms with van der Waals surface area (Å²) in [5, 5.41) is 5.39. The van der Waals surface area contributed by atoms with Crippen LogP contribution in [0.5, 0.6) is 0 Å². The Hall–Kier alpha value is -1.30. The number of rotatable bonds is 6. The van der Waals surface area contributed by atoms with Gasteiger partial charge < -0.3 is 21.3 Å². The van der Waals surface area contributed by atoms with Crippen LogP contribution in [0.3, 0.4) is 0 Å². The monoisotopic (exact) mass is 230 g/mol. The van der Waals surface area contributed by atoms with E-state index in [9.17, 15) is 9.59 Å². The first kappa shape index (κ1) is 14.7. The molecule has 1 atom stereocenters. The summed E-state index contributed by atoms with van der Waals surface area (Å²) >= 11 is 0. The summed E-state index contributed by atoms with van der Waals surface area (Å²) in [5.41, 5.74) is 5.35. The number of carbonyl (C=O) groups is 2. The van der Waals surface area contributed by atoms with Gasteiger partial charge in [0, 0.05) is 33.1 Å². The van der Waals surface area contributed by atoms with Crippen LogP contribution in [0.15, 0.2) is 0 Å². The van der Waals surface area contributed by atoms with E-state index in [0.717, 1.165) is 0 Å². The molecule has 6 heteroatoms. The lowest BCUT2D eigenvalue weighted by atomic mass is 10.1. The Labute approximate surface area is 96.5 Å². The van der Waals surface area contributed by atoms with Gasteiger partial charge in [0.05, 0.1) is 0 Å². The summed E-state index contributed by atoms with van der Waals surface area (Å²) in [6, 6.07) is -0.163. The molecule has 0 spiro atoms. The zero-order valence-corrected chi connectivity index (χ0v) is 10.2. The molecule has 6 nitrogen and oxygen atoms in total. The van der Waals surface area contributed by atoms with Gasteiger partial charge in [0.1, 0.15) is 0 Å². The molecule has 0 saturated heterocycles. The van der Waals surface area contributed by atoms with Gasteiger partial charge in [-0.25, -0.2) is 4.79 Å². The highest BCUT2D eigenvalue weighted by Crippen LogP contribution is 1.98. The van der Waals surface area contributed by atoms with Crippen LogP contribution in [0.2, 0.25) is 0 Å². The van der Waals surface area contributed by atoms with E-state index in [-0.39, 0.29) is 17.9 Å². The highest BCUT2D eigenvalue weighted by molar-refractivity contribution is 5.78. The third-order valence-electron chi connectivity index (χ3n) is 2.15. The van der Waals surface area contributed by atoms with E-state index < -0.39 is 0 Å². The molecule has 0 aliphatic rings.